The summed E-state index contributed by atoms with van der Waals surface area (Å²) in [4.78, 5) is 14.3. The van der Waals surface area contributed by atoms with E-state index in [1.54, 1.807) is 6.20 Å². The van der Waals surface area contributed by atoms with Crippen LogP contribution >= 0.6 is 0 Å². The van der Waals surface area contributed by atoms with Gasteiger partial charge in [0, 0.05) is 6.54 Å². The lowest BCUT2D eigenvalue weighted by molar-refractivity contribution is 0.00326. The molecule has 1 N–H and O–H groups in total. The first-order chi connectivity index (χ1) is 9.75. The number of hydrogen-bond acceptors (Lipinski definition) is 5. The van der Waals surface area contributed by atoms with Gasteiger partial charge >= 0.3 is 0 Å². The van der Waals surface area contributed by atoms with Crippen molar-refractivity contribution in [3.8, 4) is 0 Å². The van der Waals surface area contributed by atoms with Crippen LogP contribution in [0.1, 0.15) is 36.3 Å². The Morgan fingerprint density at radius 2 is 2.25 bits per heavy atom. The zero-order valence-corrected chi connectivity index (χ0v) is 11.8. The number of carbonyl (C=O) groups excluding carboxylic acids is 1. The van der Waals surface area contributed by atoms with Gasteiger partial charge in [-0.05, 0) is 32.9 Å². The third-order valence-electron chi connectivity index (χ3n) is 4.04. The number of nitrogens with zero attached hydrogens (tertiary/aromatic N) is 4. The van der Waals surface area contributed by atoms with Crippen molar-refractivity contribution in [1.29, 1.82) is 0 Å². The summed E-state index contributed by atoms with van der Waals surface area (Å²) in [7, 11) is 0. The zero-order chi connectivity index (χ0) is 13.9. The van der Waals surface area contributed by atoms with E-state index in [9.17, 15) is 4.79 Å². The normalized spacial score (nSPS) is 24.9. The molecule has 3 heterocycles. The lowest BCUT2D eigenvalue weighted by Gasteiger charge is -2.32. The average molecular weight is 279 g/mol. The number of carbonyl (C=O) groups is 1. The van der Waals surface area contributed by atoms with Crippen molar-refractivity contribution >= 4 is 5.91 Å². The molecule has 0 radical (unpaired) electrons. The quantitative estimate of drug-likeness (QED) is 0.829. The first-order valence-electron chi connectivity index (χ1n) is 7.27. The van der Waals surface area contributed by atoms with Gasteiger partial charge in [0.15, 0.2) is 5.69 Å². The molecule has 20 heavy (non-hydrogen) atoms. The zero-order valence-electron chi connectivity index (χ0n) is 11.8. The summed E-state index contributed by atoms with van der Waals surface area (Å²) in [5.41, 5.74) is 0.442. The molecule has 110 valence electrons. The molecule has 2 aliphatic rings. The van der Waals surface area contributed by atoms with Gasteiger partial charge in [0.05, 0.1) is 31.5 Å². The van der Waals surface area contributed by atoms with Crippen LogP contribution in [0, 0.1) is 0 Å². The average Bonchev–Trinajstić information content (AvgIpc) is 2.98. The molecule has 2 aliphatic heterocycles. The minimum Gasteiger partial charge on any atom is -0.377 e. The van der Waals surface area contributed by atoms with E-state index in [2.05, 4.69) is 15.6 Å². The molecule has 0 aromatic carbocycles. The molecule has 1 aromatic heterocycles. The predicted molar refractivity (Wildman–Crippen MR) is 72.5 cm³/mol. The fourth-order valence-electron chi connectivity index (χ4n) is 2.80. The maximum absolute atomic E-state index is 12.4. The molecule has 1 atom stereocenters. The van der Waals surface area contributed by atoms with Crippen LogP contribution in [0.5, 0.6) is 0 Å². The first-order valence-corrected chi connectivity index (χ1v) is 7.27. The molecule has 7 heteroatoms. The SMILES string of the molecule is CC1COCCN1C(=O)c1cn(C2CCNCC2)nn1. The molecule has 0 aliphatic carbocycles. The Kier molecular flexibility index (Phi) is 3.98. The molecule has 7 nitrogen and oxygen atoms in total. The maximum atomic E-state index is 12.4. The van der Waals surface area contributed by atoms with Gasteiger partial charge in [-0.25, -0.2) is 4.68 Å². The van der Waals surface area contributed by atoms with Crippen LogP contribution in [0.3, 0.4) is 0 Å². The second-order valence-corrected chi connectivity index (χ2v) is 5.49. The van der Waals surface area contributed by atoms with E-state index >= 15 is 0 Å². The summed E-state index contributed by atoms with van der Waals surface area (Å²) in [6, 6.07) is 0.452. The first kappa shape index (κ1) is 13.5. The van der Waals surface area contributed by atoms with Gasteiger partial charge in [0.2, 0.25) is 0 Å². The van der Waals surface area contributed by atoms with Crippen LogP contribution in [0.4, 0.5) is 0 Å². The fourth-order valence-corrected chi connectivity index (χ4v) is 2.80. The van der Waals surface area contributed by atoms with E-state index in [1.165, 1.54) is 0 Å². The number of ether oxygens (including phenoxy) is 1. The molecule has 1 unspecified atom stereocenters. The van der Waals surface area contributed by atoms with Gasteiger partial charge < -0.3 is 15.0 Å². The lowest BCUT2D eigenvalue weighted by Crippen LogP contribution is -2.47. The summed E-state index contributed by atoms with van der Waals surface area (Å²) < 4.78 is 7.20. The van der Waals surface area contributed by atoms with Crippen molar-refractivity contribution in [2.45, 2.75) is 31.8 Å². The van der Waals surface area contributed by atoms with E-state index < -0.39 is 0 Å². The molecular weight excluding hydrogens is 258 g/mol. The fraction of sp³-hybridized carbons (Fsp3) is 0.769. The number of nitrogens with one attached hydrogen (secondary N) is 1. The number of morpholine rings is 1. The van der Waals surface area contributed by atoms with Crippen molar-refractivity contribution in [1.82, 2.24) is 25.2 Å². The molecule has 1 amide bonds. The van der Waals surface area contributed by atoms with Crippen molar-refractivity contribution in [2.75, 3.05) is 32.8 Å². The highest BCUT2D eigenvalue weighted by molar-refractivity contribution is 5.92. The lowest BCUT2D eigenvalue weighted by atomic mass is 10.1. The van der Waals surface area contributed by atoms with Gasteiger partial charge in [-0.1, -0.05) is 5.21 Å². The largest absolute Gasteiger partial charge is 0.377 e. The second-order valence-electron chi connectivity index (χ2n) is 5.49. The smallest absolute Gasteiger partial charge is 0.276 e. The Morgan fingerprint density at radius 3 is 3.00 bits per heavy atom. The Balaban J connectivity index is 1.70. The van der Waals surface area contributed by atoms with Crippen LogP contribution in [0.25, 0.3) is 0 Å². The summed E-state index contributed by atoms with van der Waals surface area (Å²) >= 11 is 0. The van der Waals surface area contributed by atoms with Crippen molar-refractivity contribution in [3.63, 3.8) is 0 Å². The van der Waals surface area contributed by atoms with Crippen molar-refractivity contribution < 1.29 is 9.53 Å². The van der Waals surface area contributed by atoms with Gasteiger partial charge in [-0.3, -0.25) is 4.79 Å². The molecule has 3 rings (SSSR count). The molecule has 2 fully saturated rings. The topological polar surface area (TPSA) is 72.3 Å². The van der Waals surface area contributed by atoms with Gasteiger partial charge in [-0.15, -0.1) is 5.10 Å². The van der Waals surface area contributed by atoms with Crippen LogP contribution in [-0.2, 0) is 4.74 Å². The van der Waals surface area contributed by atoms with Crippen molar-refractivity contribution in [2.24, 2.45) is 0 Å². The summed E-state index contributed by atoms with van der Waals surface area (Å²) in [5.74, 6) is -0.0408. The number of amides is 1. The van der Waals surface area contributed by atoms with E-state index in [0.717, 1.165) is 25.9 Å². The highest BCUT2D eigenvalue weighted by Crippen LogP contribution is 2.18. The maximum Gasteiger partial charge on any atom is 0.276 e. The molecule has 0 spiro atoms. The van der Waals surface area contributed by atoms with Crippen LogP contribution in [-0.4, -0.2) is 64.7 Å². The second kappa shape index (κ2) is 5.88. The third-order valence-corrected chi connectivity index (χ3v) is 4.04. The van der Waals surface area contributed by atoms with E-state index in [-0.39, 0.29) is 11.9 Å². The number of rotatable bonds is 2. The molecule has 1 aromatic rings. The Hall–Kier alpha value is -1.47. The van der Waals surface area contributed by atoms with Crippen LogP contribution < -0.4 is 5.32 Å². The number of piperidine rings is 1. The standard InChI is InChI=1S/C13H21N5O2/c1-10-9-20-7-6-17(10)13(19)12-8-18(16-15-12)11-2-4-14-5-3-11/h8,10-11,14H,2-7,9H2,1H3. The Morgan fingerprint density at radius 1 is 1.45 bits per heavy atom. The molecule has 2 saturated heterocycles. The van der Waals surface area contributed by atoms with Crippen LogP contribution in [0.15, 0.2) is 6.20 Å². The summed E-state index contributed by atoms with van der Waals surface area (Å²) in [6.07, 6.45) is 3.86. The van der Waals surface area contributed by atoms with E-state index in [0.29, 0.717) is 31.5 Å². The Bertz CT molecular complexity index is 469. The minimum atomic E-state index is -0.0408. The molecular formula is C13H21N5O2. The predicted octanol–water partition coefficient (Wildman–Crippen LogP) is 0.0635. The molecule has 0 bridgehead atoms. The third kappa shape index (κ3) is 2.69. The number of aromatic nitrogens is 3. The minimum absolute atomic E-state index is 0.0408. The monoisotopic (exact) mass is 279 g/mol. The van der Waals surface area contributed by atoms with Gasteiger partial charge in [0.1, 0.15) is 0 Å². The van der Waals surface area contributed by atoms with E-state index in [4.69, 9.17) is 4.74 Å². The summed E-state index contributed by atoms with van der Waals surface area (Å²) in [6.45, 7) is 5.80. The molecule has 0 saturated carbocycles. The van der Waals surface area contributed by atoms with Gasteiger partial charge in [0.25, 0.3) is 5.91 Å². The summed E-state index contributed by atoms with van der Waals surface area (Å²) in [5, 5.41) is 11.5. The Labute approximate surface area is 118 Å². The number of hydrogen-bond donors (Lipinski definition) is 1. The highest BCUT2D eigenvalue weighted by atomic mass is 16.5. The van der Waals surface area contributed by atoms with Gasteiger partial charge in [-0.2, -0.15) is 0 Å². The van der Waals surface area contributed by atoms with Crippen LogP contribution in [0.2, 0.25) is 0 Å². The highest BCUT2D eigenvalue weighted by Gasteiger charge is 2.27. The van der Waals surface area contributed by atoms with E-state index in [1.807, 2.05) is 16.5 Å². The van der Waals surface area contributed by atoms with Crippen molar-refractivity contribution in [3.05, 3.63) is 11.9 Å².